The maximum Gasteiger partial charge on any atom is 0.254 e. The monoisotopic (exact) mass is 491 g/mol. The van der Waals surface area contributed by atoms with Gasteiger partial charge in [0.1, 0.15) is 11.9 Å². The topological polar surface area (TPSA) is 56.2 Å². The maximum absolute atomic E-state index is 13.4. The number of amides is 1. The summed E-state index contributed by atoms with van der Waals surface area (Å²) in [5.74, 6) is 0.874. The van der Waals surface area contributed by atoms with E-state index >= 15 is 0 Å². The van der Waals surface area contributed by atoms with E-state index in [0.717, 1.165) is 68.9 Å². The predicted molar refractivity (Wildman–Crippen MR) is 143 cm³/mol. The molecule has 3 aliphatic rings. The van der Waals surface area contributed by atoms with Crippen molar-refractivity contribution in [3.63, 3.8) is 0 Å². The number of aliphatic hydroxyl groups excluding tert-OH is 1. The van der Waals surface area contributed by atoms with E-state index in [4.69, 9.17) is 4.74 Å². The summed E-state index contributed by atoms with van der Waals surface area (Å²) in [5, 5.41) is 10.9. The number of hydrogen-bond donors (Lipinski definition) is 1. The van der Waals surface area contributed by atoms with Crippen molar-refractivity contribution in [1.29, 1.82) is 0 Å². The van der Waals surface area contributed by atoms with E-state index < -0.39 is 6.10 Å². The van der Waals surface area contributed by atoms with Gasteiger partial charge >= 0.3 is 0 Å². The molecule has 36 heavy (non-hydrogen) atoms. The number of β-amino-alcohol motifs (C(OH)–C–C–N with tert-alkyl or cyclic N) is 1. The second-order valence-corrected chi connectivity index (χ2v) is 11.4. The highest BCUT2D eigenvalue weighted by Crippen LogP contribution is 2.36. The van der Waals surface area contributed by atoms with E-state index in [9.17, 15) is 9.90 Å². The highest BCUT2D eigenvalue weighted by Gasteiger charge is 2.38. The first-order valence-electron chi connectivity index (χ1n) is 13.6. The molecule has 1 saturated heterocycles. The number of fused-ring (bicyclic) bond motifs is 2. The van der Waals surface area contributed by atoms with Crippen molar-refractivity contribution in [3.05, 3.63) is 64.7 Å². The molecule has 0 spiro atoms. The summed E-state index contributed by atoms with van der Waals surface area (Å²) in [7, 11) is 0. The lowest BCUT2D eigenvalue weighted by molar-refractivity contribution is 0.0430. The Bertz CT molecular complexity index is 1080. The van der Waals surface area contributed by atoms with E-state index in [-0.39, 0.29) is 17.4 Å². The van der Waals surface area contributed by atoms with Crippen LogP contribution in [-0.2, 0) is 18.4 Å². The quantitative estimate of drug-likeness (QED) is 0.640. The van der Waals surface area contributed by atoms with Gasteiger partial charge in [-0.1, -0.05) is 45.0 Å². The first-order chi connectivity index (χ1) is 17.3. The lowest BCUT2D eigenvalue weighted by atomic mass is 9.78. The van der Waals surface area contributed by atoms with Gasteiger partial charge in [0, 0.05) is 56.8 Å². The van der Waals surface area contributed by atoms with E-state index in [1.807, 2.05) is 17.0 Å². The van der Waals surface area contributed by atoms with Gasteiger partial charge in [0.2, 0.25) is 0 Å². The van der Waals surface area contributed by atoms with Crippen molar-refractivity contribution in [2.24, 2.45) is 0 Å². The third-order valence-corrected chi connectivity index (χ3v) is 8.22. The summed E-state index contributed by atoms with van der Waals surface area (Å²) in [6.07, 6.45) is 2.76. The molecule has 1 atom stereocenters. The largest absolute Gasteiger partial charge is 0.490 e. The molecule has 0 radical (unpaired) electrons. The SMILES string of the molecule is CCN1CCC(Oc2ccc3c(c2)C(C)(C)CN(CC(O)CN2CCc4ccccc4C2)C3=O)CC1. The van der Waals surface area contributed by atoms with Crippen molar-refractivity contribution in [2.45, 2.75) is 64.2 Å². The van der Waals surface area contributed by atoms with Crippen molar-refractivity contribution in [2.75, 3.05) is 45.8 Å². The minimum absolute atomic E-state index is 0.00942. The molecule has 5 rings (SSSR count). The summed E-state index contributed by atoms with van der Waals surface area (Å²) in [4.78, 5) is 20.0. The second-order valence-electron chi connectivity index (χ2n) is 11.4. The number of rotatable bonds is 7. The molecule has 0 bridgehead atoms. The molecule has 1 N–H and O–H groups in total. The highest BCUT2D eigenvalue weighted by molar-refractivity contribution is 5.97. The van der Waals surface area contributed by atoms with Gasteiger partial charge in [-0.05, 0) is 60.7 Å². The number of likely N-dealkylation sites (tertiary alicyclic amines) is 1. The maximum atomic E-state index is 13.4. The fourth-order valence-corrected chi connectivity index (χ4v) is 6.15. The van der Waals surface area contributed by atoms with Crippen LogP contribution in [0.1, 0.15) is 60.7 Å². The fraction of sp³-hybridized carbons (Fsp3) is 0.567. The summed E-state index contributed by atoms with van der Waals surface area (Å²) < 4.78 is 6.35. The number of carbonyl (C=O) groups is 1. The first-order valence-corrected chi connectivity index (χ1v) is 13.6. The molecule has 2 aromatic carbocycles. The first kappa shape index (κ1) is 25.2. The highest BCUT2D eigenvalue weighted by atomic mass is 16.5. The van der Waals surface area contributed by atoms with Crippen molar-refractivity contribution in [1.82, 2.24) is 14.7 Å². The number of hydrogen-bond acceptors (Lipinski definition) is 5. The molecule has 6 heteroatoms. The van der Waals surface area contributed by atoms with E-state index in [1.165, 1.54) is 11.1 Å². The van der Waals surface area contributed by atoms with Gasteiger partial charge in [0.05, 0.1) is 6.10 Å². The van der Waals surface area contributed by atoms with Crippen molar-refractivity contribution in [3.8, 4) is 5.75 Å². The smallest absolute Gasteiger partial charge is 0.254 e. The molecule has 6 nitrogen and oxygen atoms in total. The molecule has 194 valence electrons. The Morgan fingerprint density at radius 3 is 2.53 bits per heavy atom. The van der Waals surface area contributed by atoms with Crippen LogP contribution in [0.15, 0.2) is 42.5 Å². The average Bonchev–Trinajstić information content (AvgIpc) is 2.87. The average molecular weight is 492 g/mol. The Labute approximate surface area is 215 Å². The van der Waals surface area contributed by atoms with Gasteiger partial charge in [0.25, 0.3) is 5.91 Å². The van der Waals surface area contributed by atoms with Crippen LogP contribution in [0.2, 0.25) is 0 Å². The van der Waals surface area contributed by atoms with E-state index in [0.29, 0.717) is 19.6 Å². The lowest BCUT2D eigenvalue weighted by Crippen LogP contribution is -2.51. The van der Waals surface area contributed by atoms with Gasteiger partial charge < -0.3 is 19.6 Å². The molecule has 1 amide bonds. The van der Waals surface area contributed by atoms with Crippen LogP contribution in [0.5, 0.6) is 5.75 Å². The second kappa shape index (κ2) is 10.5. The standard InChI is InChI=1S/C30H41N3O3/c1-4-31-15-12-25(13-16-31)36-26-9-10-27-28(17-26)30(2,3)21-33(29(27)35)20-24(34)19-32-14-11-22-7-5-6-8-23(22)18-32/h5-10,17,24-25,34H,4,11-16,18-21H2,1-3H3. The molecule has 3 aliphatic heterocycles. The van der Waals surface area contributed by atoms with Gasteiger partial charge in [-0.2, -0.15) is 0 Å². The molecule has 0 aliphatic carbocycles. The van der Waals surface area contributed by atoms with Crippen LogP contribution in [0, 0.1) is 0 Å². The Balaban J connectivity index is 1.22. The van der Waals surface area contributed by atoms with Crippen molar-refractivity contribution >= 4 is 5.91 Å². The normalized spacial score (nSPS) is 21.7. The third-order valence-electron chi connectivity index (χ3n) is 8.22. The van der Waals surface area contributed by atoms with Crippen LogP contribution in [0.4, 0.5) is 0 Å². The van der Waals surface area contributed by atoms with Crippen LogP contribution in [0.25, 0.3) is 0 Å². The third kappa shape index (κ3) is 5.46. The molecule has 0 saturated carbocycles. The zero-order valence-corrected chi connectivity index (χ0v) is 22.1. The number of aliphatic hydroxyl groups is 1. The fourth-order valence-electron chi connectivity index (χ4n) is 6.15. The number of nitrogens with zero attached hydrogens (tertiary/aromatic N) is 3. The van der Waals surface area contributed by atoms with E-state index in [2.05, 4.69) is 60.9 Å². The van der Waals surface area contributed by atoms with Crippen LogP contribution in [0.3, 0.4) is 0 Å². The minimum Gasteiger partial charge on any atom is -0.490 e. The number of carbonyl (C=O) groups excluding carboxylic acids is 1. The summed E-state index contributed by atoms with van der Waals surface area (Å²) in [6.45, 7) is 13.2. The summed E-state index contributed by atoms with van der Waals surface area (Å²) >= 11 is 0. The van der Waals surface area contributed by atoms with Gasteiger partial charge in [-0.25, -0.2) is 0 Å². The zero-order valence-electron chi connectivity index (χ0n) is 22.1. The molecule has 2 aromatic rings. The van der Waals surface area contributed by atoms with Crippen LogP contribution < -0.4 is 4.74 Å². The van der Waals surface area contributed by atoms with Crippen LogP contribution >= 0.6 is 0 Å². The Morgan fingerprint density at radius 1 is 1.03 bits per heavy atom. The summed E-state index contributed by atoms with van der Waals surface area (Å²) in [6, 6.07) is 14.5. The Kier molecular flexibility index (Phi) is 7.38. The summed E-state index contributed by atoms with van der Waals surface area (Å²) in [5.41, 5.74) is 4.32. The Hall–Kier alpha value is -2.41. The van der Waals surface area contributed by atoms with Gasteiger partial charge in [-0.3, -0.25) is 9.69 Å². The molecule has 3 heterocycles. The molecule has 1 unspecified atom stereocenters. The lowest BCUT2D eigenvalue weighted by Gasteiger charge is -2.41. The number of piperidine rings is 1. The minimum atomic E-state index is -0.576. The van der Waals surface area contributed by atoms with Gasteiger partial charge in [0.15, 0.2) is 0 Å². The van der Waals surface area contributed by atoms with Crippen LogP contribution in [-0.4, -0.2) is 83.7 Å². The van der Waals surface area contributed by atoms with Gasteiger partial charge in [-0.15, -0.1) is 0 Å². The number of benzene rings is 2. The Morgan fingerprint density at radius 2 is 1.78 bits per heavy atom. The molecular formula is C30H41N3O3. The molecular weight excluding hydrogens is 450 g/mol. The predicted octanol–water partition coefficient (Wildman–Crippen LogP) is 3.70. The zero-order chi connectivity index (χ0) is 25.3. The van der Waals surface area contributed by atoms with E-state index in [1.54, 1.807) is 0 Å². The number of ether oxygens (including phenoxy) is 1. The molecule has 1 fully saturated rings. The van der Waals surface area contributed by atoms with Crippen molar-refractivity contribution < 1.29 is 14.6 Å². The molecule has 0 aromatic heterocycles.